The Morgan fingerprint density at radius 1 is 1.62 bits per heavy atom. The molecule has 2 rings (SSSR count). The zero-order chi connectivity index (χ0) is 9.26. The summed E-state index contributed by atoms with van der Waals surface area (Å²) in [4.78, 5) is 11.6. The van der Waals surface area contributed by atoms with Crippen LogP contribution >= 0.6 is 11.3 Å². The first-order chi connectivity index (χ1) is 6.33. The van der Waals surface area contributed by atoms with Crippen molar-refractivity contribution in [2.75, 3.05) is 0 Å². The number of aromatic nitrogens is 1. The molecule has 0 amide bonds. The van der Waals surface area contributed by atoms with Crippen LogP contribution in [0.15, 0.2) is 22.0 Å². The highest BCUT2D eigenvalue weighted by Gasteiger charge is 2.14. The molecule has 0 unspecified atom stereocenters. The summed E-state index contributed by atoms with van der Waals surface area (Å²) in [7, 11) is 0. The maximum Gasteiger partial charge on any atom is 0.187 e. The van der Waals surface area contributed by atoms with Gasteiger partial charge in [0.2, 0.25) is 0 Å². The van der Waals surface area contributed by atoms with Gasteiger partial charge in [0, 0.05) is 0 Å². The average Bonchev–Trinajstić information content (AvgIpc) is 2.71. The number of nitrogens with zero attached hydrogens (tertiary/aromatic N) is 1. The van der Waals surface area contributed by atoms with Crippen molar-refractivity contribution in [1.29, 1.82) is 0 Å². The molecular weight excluding hydrogens is 186 g/mol. The number of hydrogen-bond donors (Lipinski definition) is 0. The predicted octanol–water partition coefficient (Wildman–Crippen LogP) is 2.52. The van der Waals surface area contributed by atoms with Crippen LogP contribution < -0.4 is 0 Å². The molecule has 2 aromatic heterocycles. The van der Waals surface area contributed by atoms with Crippen molar-refractivity contribution in [2.45, 2.75) is 6.92 Å². The van der Waals surface area contributed by atoms with Crippen LogP contribution in [-0.2, 0) is 0 Å². The standard InChI is InChI=1S/C9H7NO2S/c1-6-7(5-11)9(12-10-6)8-3-2-4-13-8/h2-5H,1H3. The Hall–Kier alpha value is -1.42. The van der Waals surface area contributed by atoms with Gasteiger partial charge in [0.05, 0.1) is 16.1 Å². The molecule has 0 saturated heterocycles. The Morgan fingerprint density at radius 2 is 2.46 bits per heavy atom. The Morgan fingerprint density at radius 3 is 3.08 bits per heavy atom. The highest BCUT2D eigenvalue weighted by molar-refractivity contribution is 7.13. The molecule has 0 aliphatic carbocycles. The molecule has 4 heteroatoms. The number of aryl methyl sites for hydroxylation is 1. The predicted molar refractivity (Wildman–Crippen MR) is 49.9 cm³/mol. The van der Waals surface area contributed by atoms with E-state index in [1.54, 1.807) is 6.92 Å². The van der Waals surface area contributed by atoms with E-state index in [1.807, 2.05) is 17.5 Å². The second kappa shape index (κ2) is 3.14. The topological polar surface area (TPSA) is 43.1 Å². The number of carbonyl (C=O) groups is 1. The van der Waals surface area contributed by atoms with Gasteiger partial charge >= 0.3 is 0 Å². The molecule has 2 aromatic rings. The number of carbonyl (C=O) groups excluding carboxylic acids is 1. The van der Waals surface area contributed by atoms with Gasteiger partial charge in [-0.1, -0.05) is 11.2 Å². The zero-order valence-corrected chi connectivity index (χ0v) is 7.80. The third kappa shape index (κ3) is 1.29. The zero-order valence-electron chi connectivity index (χ0n) is 6.98. The third-order valence-corrected chi connectivity index (χ3v) is 2.64. The molecule has 0 radical (unpaired) electrons. The summed E-state index contributed by atoms with van der Waals surface area (Å²) < 4.78 is 5.06. The van der Waals surface area contributed by atoms with Gasteiger partial charge in [-0.05, 0) is 18.4 Å². The molecule has 0 saturated carbocycles. The molecule has 0 aliphatic heterocycles. The van der Waals surface area contributed by atoms with Crippen LogP contribution in [0.1, 0.15) is 16.1 Å². The number of thiophene rings is 1. The van der Waals surface area contributed by atoms with E-state index in [1.165, 1.54) is 11.3 Å². The molecule has 2 heterocycles. The molecule has 0 aromatic carbocycles. The first kappa shape index (κ1) is 8.19. The first-order valence-corrected chi connectivity index (χ1v) is 4.66. The van der Waals surface area contributed by atoms with Gasteiger partial charge in [-0.25, -0.2) is 0 Å². The second-order valence-corrected chi connectivity index (χ2v) is 3.55. The SMILES string of the molecule is Cc1noc(-c2cccs2)c1C=O. The van der Waals surface area contributed by atoms with Gasteiger partial charge in [-0.2, -0.15) is 0 Å². The summed E-state index contributed by atoms with van der Waals surface area (Å²) >= 11 is 1.53. The minimum absolute atomic E-state index is 0.544. The summed E-state index contributed by atoms with van der Waals surface area (Å²) in [6.45, 7) is 1.75. The summed E-state index contributed by atoms with van der Waals surface area (Å²) in [5.41, 5.74) is 1.18. The fourth-order valence-corrected chi connectivity index (χ4v) is 1.82. The minimum Gasteiger partial charge on any atom is -0.354 e. The fraction of sp³-hybridized carbons (Fsp3) is 0.111. The lowest BCUT2D eigenvalue weighted by molar-refractivity contribution is 0.112. The van der Waals surface area contributed by atoms with Crippen molar-refractivity contribution in [3.05, 3.63) is 28.8 Å². The van der Waals surface area contributed by atoms with Crippen LogP contribution in [0.25, 0.3) is 10.6 Å². The molecule has 0 bridgehead atoms. The van der Waals surface area contributed by atoms with Gasteiger partial charge in [0.15, 0.2) is 12.0 Å². The van der Waals surface area contributed by atoms with Crippen molar-refractivity contribution in [3.8, 4) is 10.6 Å². The smallest absolute Gasteiger partial charge is 0.187 e. The number of rotatable bonds is 2. The normalized spacial score (nSPS) is 10.2. The van der Waals surface area contributed by atoms with Crippen molar-refractivity contribution in [3.63, 3.8) is 0 Å². The third-order valence-electron chi connectivity index (χ3n) is 1.77. The average molecular weight is 193 g/mol. The van der Waals surface area contributed by atoms with Gasteiger partial charge in [0.25, 0.3) is 0 Å². The molecule has 0 atom stereocenters. The van der Waals surface area contributed by atoms with Gasteiger partial charge in [-0.15, -0.1) is 11.3 Å². The summed E-state index contributed by atoms with van der Waals surface area (Å²) in [5, 5.41) is 5.68. The van der Waals surface area contributed by atoms with Crippen molar-refractivity contribution in [1.82, 2.24) is 5.16 Å². The van der Waals surface area contributed by atoms with E-state index < -0.39 is 0 Å². The highest BCUT2D eigenvalue weighted by atomic mass is 32.1. The number of hydrogen-bond acceptors (Lipinski definition) is 4. The van der Waals surface area contributed by atoms with E-state index in [9.17, 15) is 4.79 Å². The monoisotopic (exact) mass is 193 g/mol. The minimum atomic E-state index is 0.544. The van der Waals surface area contributed by atoms with E-state index in [0.29, 0.717) is 17.0 Å². The summed E-state index contributed by atoms with van der Waals surface area (Å²) in [6.07, 6.45) is 0.779. The largest absolute Gasteiger partial charge is 0.354 e. The second-order valence-electron chi connectivity index (χ2n) is 2.61. The lowest BCUT2D eigenvalue weighted by Crippen LogP contribution is -1.82. The Kier molecular flexibility index (Phi) is 1.98. The Bertz CT molecular complexity index is 417. The summed E-state index contributed by atoms with van der Waals surface area (Å²) in [5.74, 6) is 0.572. The molecular formula is C9H7NO2S. The van der Waals surface area contributed by atoms with Crippen molar-refractivity contribution in [2.24, 2.45) is 0 Å². The van der Waals surface area contributed by atoms with E-state index in [-0.39, 0.29) is 0 Å². The van der Waals surface area contributed by atoms with E-state index in [2.05, 4.69) is 5.16 Å². The Balaban J connectivity index is 2.58. The van der Waals surface area contributed by atoms with Crippen LogP contribution in [0.4, 0.5) is 0 Å². The van der Waals surface area contributed by atoms with E-state index >= 15 is 0 Å². The van der Waals surface area contributed by atoms with Crippen LogP contribution in [0.5, 0.6) is 0 Å². The first-order valence-electron chi connectivity index (χ1n) is 3.78. The Labute approximate surface area is 79.0 Å². The van der Waals surface area contributed by atoms with Gasteiger partial charge in [0.1, 0.15) is 0 Å². The van der Waals surface area contributed by atoms with E-state index in [0.717, 1.165) is 11.2 Å². The lowest BCUT2D eigenvalue weighted by Gasteiger charge is -1.88. The van der Waals surface area contributed by atoms with Crippen molar-refractivity contribution >= 4 is 17.6 Å². The van der Waals surface area contributed by atoms with Crippen molar-refractivity contribution < 1.29 is 9.32 Å². The molecule has 0 fully saturated rings. The molecule has 0 spiro atoms. The quantitative estimate of drug-likeness (QED) is 0.688. The molecule has 3 nitrogen and oxygen atoms in total. The molecule has 13 heavy (non-hydrogen) atoms. The molecule has 0 N–H and O–H groups in total. The summed E-state index contributed by atoms with van der Waals surface area (Å²) in [6, 6.07) is 3.81. The van der Waals surface area contributed by atoms with Crippen LogP contribution in [-0.4, -0.2) is 11.4 Å². The molecule has 0 aliphatic rings. The van der Waals surface area contributed by atoms with Gasteiger partial charge in [-0.3, -0.25) is 4.79 Å². The number of aldehydes is 1. The van der Waals surface area contributed by atoms with Gasteiger partial charge < -0.3 is 4.52 Å². The van der Waals surface area contributed by atoms with Crippen LogP contribution in [0, 0.1) is 6.92 Å². The maximum atomic E-state index is 10.7. The fourth-order valence-electron chi connectivity index (χ4n) is 1.10. The lowest BCUT2D eigenvalue weighted by atomic mass is 10.2. The van der Waals surface area contributed by atoms with E-state index in [4.69, 9.17) is 4.52 Å². The molecule has 66 valence electrons. The van der Waals surface area contributed by atoms with Crippen LogP contribution in [0.3, 0.4) is 0 Å². The highest BCUT2D eigenvalue weighted by Crippen LogP contribution is 2.28. The maximum absolute atomic E-state index is 10.7. The van der Waals surface area contributed by atoms with Crippen LogP contribution in [0.2, 0.25) is 0 Å².